The summed E-state index contributed by atoms with van der Waals surface area (Å²) in [5.74, 6) is -1.13. The Labute approximate surface area is 116 Å². The number of aromatic carboxylic acids is 1. The number of carboxylic acids is 1. The first-order chi connectivity index (χ1) is 9.29. The predicted octanol–water partition coefficient (Wildman–Crippen LogP) is 3.91. The summed E-state index contributed by atoms with van der Waals surface area (Å²) >= 11 is 0.945. The van der Waals surface area contributed by atoms with Crippen molar-refractivity contribution in [2.45, 2.75) is 13.1 Å². The minimum atomic E-state index is -4.40. The molecule has 2 N–H and O–H groups in total. The highest BCUT2D eigenvalue weighted by atomic mass is 32.1. The smallest absolute Gasteiger partial charge is 0.416 e. The number of nitrogens with one attached hydrogen (secondary N) is 1. The zero-order valence-corrected chi connectivity index (χ0v) is 11.0. The summed E-state index contributed by atoms with van der Waals surface area (Å²) in [6.45, 7) is 1.55. The van der Waals surface area contributed by atoms with Crippen LogP contribution in [0.25, 0.3) is 0 Å². The fraction of sp³-hybridized carbons (Fsp3) is 0.167. The second-order valence-electron chi connectivity index (χ2n) is 3.98. The van der Waals surface area contributed by atoms with Gasteiger partial charge in [-0.05, 0) is 42.7 Å². The summed E-state index contributed by atoms with van der Waals surface area (Å²) in [6.07, 6.45) is -4.40. The summed E-state index contributed by atoms with van der Waals surface area (Å²) in [7, 11) is 0. The summed E-state index contributed by atoms with van der Waals surface area (Å²) < 4.78 is 41.2. The predicted molar refractivity (Wildman–Crippen MR) is 68.5 cm³/mol. The van der Waals surface area contributed by atoms with E-state index in [-0.39, 0.29) is 10.6 Å². The Hall–Kier alpha value is -2.09. The van der Waals surface area contributed by atoms with E-state index >= 15 is 0 Å². The van der Waals surface area contributed by atoms with Gasteiger partial charge in [-0.1, -0.05) is 0 Å². The van der Waals surface area contributed by atoms with Crippen molar-refractivity contribution in [1.82, 2.24) is 4.37 Å². The van der Waals surface area contributed by atoms with Gasteiger partial charge in [-0.25, -0.2) is 4.79 Å². The normalized spacial score (nSPS) is 11.4. The molecule has 20 heavy (non-hydrogen) atoms. The third-order valence-corrected chi connectivity index (χ3v) is 3.40. The van der Waals surface area contributed by atoms with E-state index in [1.165, 1.54) is 12.1 Å². The molecule has 0 saturated carbocycles. The van der Waals surface area contributed by atoms with E-state index in [0.717, 1.165) is 23.7 Å². The lowest BCUT2D eigenvalue weighted by molar-refractivity contribution is -0.137. The van der Waals surface area contributed by atoms with Gasteiger partial charge in [0.15, 0.2) is 0 Å². The summed E-state index contributed by atoms with van der Waals surface area (Å²) in [4.78, 5) is 11.1. The molecule has 0 aliphatic heterocycles. The Bertz CT molecular complexity index is 635. The zero-order valence-electron chi connectivity index (χ0n) is 10.2. The van der Waals surface area contributed by atoms with E-state index in [0.29, 0.717) is 11.4 Å². The molecule has 0 amide bonds. The number of hydrogen-bond acceptors (Lipinski definition) is 4. The lowest BCUT2D eigenvalue weighted by Gasteiger charge is -2.08. The van der Waals surface area contributed by atoms with Gasteiger partial charge in [0.2, 0.25) is 0 Å². The van der Waals surface area contributed by atoms with Gasteiger partial charge in [0.1, 0.15) is 10.6 Å². The van der Waals surface area contributed by atoms with Crippen LogP contribution in [0.4, 0.5) is 23.9 Å². The van der Waals surface area contributed by atoms with Gasteiger partial charge in [-0.2, -0.15) is 17.5 Å². The monoisotopic (exact) mass is 302 g/mol. The van der Waals surface area contributed by atoms with Crippen LogP contribution < -0.4 is 5.32 Å². The molecule has 0 atom stereocenters. The van der Waals surface area contributed by atoms with Gasteiger partial charge in [0.25, 0.3) is 0 Å². The topological polar surface area (TPSA) is 62.2 Å². The van der Waals surface area contributed by atoms with Crippen LogP contribution in [0.2, 0.25) is 0 Å². The Morgan fingerprint density at radius 3 is 2.40 bits per heavy atom. The van der Waals surface area contributed by atoms with E-state index in [2.05, 4.69) is 9.69 Å². The molecule has 0 aliphatic rings. The minimum absolute atomic E-state index is 0.0231. The number of halogens is 3. The fourth-order valence-corrected chi connectivity index (χ4v) is 2.39. The summed E-state index contributed by atoms with van der Waals surface area (Å²) in [5.41, 5.74) is -0.0158. The molecule has 0 fully saturated rings. The number of nitrogens with zero attached hydrogens (tertiary/aromatic N) is 1. The third kappa shape index (κ3) is 2.90. The van der Waals surface area contributed by atoms with E-state index in [1.54, 1.807) is 6.92 Å². The Morgan fingerprint density at radius 2 is 1.90 bits per heavy atom. The fourth-order valence-electron chi connectivity index (χ4n) is 1.58. The maximum atomic E-state index is 12.4. The lowest BCUT2D eigenvalue weighted by atomic mass is 10.2. The molecule has 0 unspecified atom stereocenters. The number of alkyl halides is 3. The number of rotatable bonds is 3. The molecule has 4 nitrogen and oxygen atoms in total. The van der Waals surface area contributed by atoms with Crippen molar-refractivity contribution in [3.63, 3.8) is 0 Å². The molecule has 1 aromatic heterocycles. The zero-order chi connectivity index (χ0) is 14.9. The second-order valence-corrected chi connectivity index (χ2v) is 4.75. The first kappa shape index (κ1) is 14.3. The quantitative estimate of drug-likeness (QED) is 0.902. The maximum absolute atomic E-state index is 12.4. The van der Waals surface area contributed by atoms with Crippen LogP contribution >= 0.6 is 11.5 Å². The Morgan fingerprint density at radius 1 is 1.30 bits per heavy atom. The van der Waals surface area contributed by atoms with Crippen LogP contribution in [-0.2, 0) is 6.18 Å². The van der Waals surface area contributed by atoms with Crippen LogP contribution in [0.1, 0.15) is 21.6 Å². The van der Waals surface area contributed by atoms with Crippen LogP contribution in [0, 0.1) is 6.92 Å². The molecular formula is C12H9F3N2O2S. The second kappa shape index (κ2) is 5.12. The van der Waals surface area contributed by atoms with Gasteiger partial charge in [0, 0.05) is 5.69 Å². The molecule has 106 valence electrons. The number of hydrogen-bond donors (Lipinski definition) is 2. The number of carboxylic acid groups (broad SMARTS) is 1. The van der Waals surface area contributed by atoms with Crippen molar-refractivity contribution in [2.75, 3.05) is 5.32 Å². The molecular weight excluding hydrogens is 293 g/mol. The van der Waals surface area contributed by atoms with Crippen molar-refractivity contribution >= 4 is 28.2 Å². The van der Waals surface area contributed by atoms with Crippen molar-refractivity contribution in [3.05, 3.63) is 41.1 Å². The van der Waals surface area contributed by atoms with Crippen molar-refractivity contribution in [2.24, 2.45) is 0 Å². The summed E-state index contributed by atoms with van der Waals surface area (Å²) in [5, 5.41) is 12.1. The molecule has 0 aliphatic carbocycles. The van der Waals surface area contributed by atoms with E-state index in [9.17, 15) is 18.0 Å². The first-order valence-electron chi connectivity index (χ1n) is 5.43. The molecule has 0 spiro atoms. The van der Waals surface area contributed by atoms with Gasteiger partial charge in [-0.15, -0.1) is 0 Å². The van der Waals surface area contributed by atoms with Crippen molar-refractivity contribution < 1.29 is 23.1 Å². The minimum Gasteiger partial charge on any atom is -0.478 e. The highest BCUT2D eigenvalue weighted by Gasteiger charge is 2.30. The Kier molecular flexibility index (Phi) is 3.67. The van der Waals surface area contributed by atoms with Gasteiger partial charge >= 0.3 is 12.1 Å². The highest BCUT2D eigenvalue weighted by Crippen LogP contribution is 2.32. The standard InChI is InChI=1S/C12H9F3N2O2S/c1-6-9(11(18)19)10(20-17-6)16-8-4-2-7(3-5-8)12(13,14)15/h2-5,16H,1H3,(H,18,19). The largest absolute Gasteiger partial charge is 0.478 e. The van der Waals surface area contributed by atoms with Crippen molar-refractivity contribution in [3.8, 4) is 0 Å². The molecule has 2 aromatic rings. The number of aromatic nitrogens is 1. The third-order valence-electron chi connectivity index (χ3n) is 2.55. The Balaban J connectivity index is 2.25. The molecule has 0 radical (unpaired) electrons. The number of anilines is 2. The van der Waals surface area contributed by atoms with Crippen LogP contribution in [0.15, 0.2) is 24.3 Å². The molecule has 0 saturated heterocycles. The molecule has 1 heterocycles. The van der Waals surface area contributed by atoms with Gasteiger partial charge < -0.3 is 10.4 Å². The molecule has 2 rings (SSSR count). The lowest BCUT2D eigenvalue weighted by Crippen LogP contribution is -2.05. The number of benzene rings is 1. The van der Waals surface area contributed by atoms with Gasteiger partial charge in [-0.3, -0.25) is 0 Å². The number of aryl methyl sites for hydroxylation is 1. The molecule has 8 heteroatoms. The highest BCUT2D eigenvalue weighted by molar-refractivity contribution is 7.10. The first-order valence-corrected chi connectivity index (χ1v) is 6.20. The maximum Gasteiger partial charge on any atom is 0.416 e. The SMILES string of the molecule is Cc1nsc(Nc2ccc(C(F)(F)F)cc2)c1C(=O)O. The van der Waals surface area contributed by atoms with Crippen molar-refractivity contribution in [1.29, 1.82) is 0 Å². The van der Waals surface area contributed by atoms with E-state index in [4.69, 9.17) is 5.11 Å². The molecule has 0 bridgehead atoms. The van der Waals surface area contributed by atoms with E-state index in [1.807, 2.05) is 0 Å². The molecule has 1 aromatic carbocycles. The van der Waals surface area contributed by atoms with Gasteiger partial charge in [0.05, 0.1) is 11.3 Å². The number of carbonyl (C=O) groups is 1. The average molecular weight is 302 g/mol. The van der Waals surface area contributed by atoms with E-state index < -0.39 is 17.7 Å². The van der Waals surface area contributed by atoms with Crippen LogP contribution in [0.5, 0.6) is 0 Å². The average Bonchev–Trinajstić information content (AvgIpc) is 2.70. The van der Waals surface area contributed by atoms with Crippen LogP contribution in [-0.4, -0.2) is 15.4 Å². The van der Waals surface area contributed by atoms with Crippen LogP contribution in [0.3, 0.4) is 0 Å². The summed E-state index contributed by atoms with van der Waals surface area (Å²) in [6, 6.07) is 4.33.